The Morgan fingerprint density at radius 2 is 2.00 bits per heavy atom. The second kappa shape index (κ2) is 8.78. The van der Waals surface area contributed by atoms with Gasteiger partial charge in [0.15, 0.2) is 0 Å². The lowest BCUT2D eigenvalue weighted by molar-refractivity contribution is -0.139. The van der Waals surface area contributed by atoms with Gasteiger partial charge in [-0.25, -0.2) is 0 Å². The van der Waals surface area contributed by atoms with Gasteiger partial charge in [-0.3, -0.25) is 9.59 Å². The fraction of sp³-hybridized carbons (Fsp3) is 0.474. The van der Waals surface area contributed by atoms with Crippen molar-refractivity contribution in [3.05, 3.63) is 48.0 Å². The molecule has 1 saturated heterocycles. The molecule has 4 atom stereocenters. The van der Waals surface area contributed by atoms with Crippen LogP contribution in [0.3, 0.4) is 0 Å². The number of carboxylic acid groups (broad SMARTS) is 1. The molecule has 1 fully saturated rings. The van der Waals surface area contributed by atoms with Crippen LogP contribution >= 0.6 is 0 Å². The number of hydrogen-bond acceptors (Lipinski definition) is 4. The van der Waals surface area contributed by atoms with Crippen LogP contribution in [0.25, 0.3) is 0 Å². The number of carbonyl (C=O) groups excluding carboxylic acids is 1. The van der Waals surface area contributed by atoms with Gasteiger partial charge in [-0.2, -0.15) is 0 Å². The maximum Gasteiger partial charge on any atom is 0.305 e. The summed E-state index contributed by atoms with van der Waals surface area (Å²) in [5.41, 5.74) is 1.04. The van der Waals surface area contributed by atoms with Gasteiger partial charge >= 0.3 is 5.97 Å². The lowest BCUT2D eigenvalue weighted by atomic mass is 10.0. The van der Waals surface area contributed by atoms with E-state index in [0.29, 0.717) is 13.0 Å². The Hall–Kier alpha value is -2.18. The van der Waals surface area contributed by atoms with Gasteiger partial charge in [0.2, 0.25) is 5.91 Å². The zero-order valence-corrected chi connectivity index (χ0v) is 14.3. The molecule has 1 heterocycles. The number of carbonyl (C=O) groups is 2. The average Bonchev–Trinajstić information content (AvgIpc) is 2.79. The minimum atomic E-state index is -1.10. The Labute approximate surface area is 147 Å². The third-order valence-electron chi connectivity index (χ3n) is 4.41. The van der Waals surface area contributed by atoms with Crippen molar-refractivity contribution in [2.45, 2.75) is 51.0 Å². The van der Waals surface area contributed by atoms with E-state index in [1.54, 1.807) is 17.1 Å². The standard InChI is InChI=1S/C19H25NO5/c1-13-9-18(23)20(12-14-5-3-2-4-6-14)17(13)8-7-15(21)10-16(22)11-19(24)25/h2-8,13,15-17,21-22H,9-12H2,1H3,(H,24,25)/b8-7+/t13-,15-,16-,17+/m1/s1. The molecule has 6 heteroatoms. The molecule has 0 radical (unpaired) electrons. The number of hydrogen-bond donors (Lipinski definition) is 3. The first kappa shape index (κ1) is 19.1. The molecule has 136 valence electrons. The summed E-state index contributed by atoms with van der Waals surface area (Å²) in [6.45, 7) is 2.50. The van der Waals surface area contributed by atoms with Gasteiger partial charge < -0.3 is 20.2 Å². The lowest BCUT2D eigenvalue weighted by Crippen LogP contribution is -2.33. The summed E-state index contributed by atoms with van der Waals surface area (Å²) in [6, 6.07) is 9.59. The monoisotopic (exact) mass is 347 g/mol. The van der Waals surface area contributed by atoms with E-state index in [9.17, 15) is 19.8 Å². The number of nitrogens with zero attached hydrogens (tertiary/aromatic N) is 1. The van der Waals surface area contributed by atoms with Gasteiger partial charge in [0.1, 0.15) is 0 Å². The summed E-state index contributed by atoms with van der Waals surface area (Å²) in [4.78, 5) is 24.6. The Morgan fingerprint density at radius 3 is 2.64 bits per heavy atom. The number of likely N-dealkylation sites (tertiary alicyclic amines) is 1. The van der Waals surface area contributed by atoms with Crippen molar-refractivity contribution >= 4 is 11.9 Å². The van der Waals surface area contributed by atoms with Crippen LogP contribution in [-0.4, -0.2) is 50.3 Å². The maximum absolute atomic E-state index is 12.3. The number of aliphatic hydroxyl groups is 2. The van der Waals surface area contributed by atoms with E-state index in [1.165, 1.54) is 0 Å². The van der Waals surface area contributed by atoms with Gasteiger partial charge in [0.25, 0.3) is 0 Å². The number of amides is 1. The molecule has 1 aromatic rings. The molecule has 0 aliphatic carbocycles. The highest BCUT2D eigenvalue weighted by atomic mass is 16.4. The summed E-state index contributed by atoms with van der Waals surface area (Å²) in [5.74, 6) is -0.900. The van der Waals surface area contributed by atoms with Gasteiger partial charge in [-0.1, -0.05) is 49.4 Å². The van der Waals surface area contributed by atoms with Crippen LogP contribution in [0.4, 0.5) is 0 Å². The van der Waals surface area contributed by atoms with E-state index in [2.05, 4.69) is 0 Å². The van der Waals surface area contributed by atoms with Crippen molar-refractivity contribution in [3.63, 3.8) is 0 Å². The van der Waals surface area contributed by atoms with Crippen molar-refractivity contribution in [2.75, 3.05) is 0 Å². The highest BCUT2D eigenvalue weighted by molar-refractivity contribution is 5.79. The zero-order chi connectivity index (χ0) is 18.4. The van der Waals surface area contributed by atoms with Crippen LogP contribution in [0, 0.1) is 5.92 Å². The predicted molar refractivity (Wildman–Crippen MR) is 92.6 cm³/mol. The highest BCUT2D eigenvalue weighted by Gasteiger charge is 2.35. The van der Waals surface area contributed by atoms with Crippen molar-refractivity contribution < 1.29 is 24.9 Å². The fourth-order valence-electron chi connectivity index (χ4n) is 3.14. The molecule has 0 spiro atoms. The Kier molecular flexibility index (Phi) is 6.73. The summed E-state index contributed by atoms with van der Waals surface area (Å²) in [7, 11) is 0. The first-order valence-electron chi connectivity index (χ1n) is 8.46. The molecule has 2 rings (SSSR count). The van der Waals surface area contributed by atoms with Crippen LogP contribution in [0.2, 0.25) is 0 Å². The Bertz CT molecular complexity index is 616. The maximum atomic E-state index is 12.3. The molecule has 0 saturated carbocycles. The lowest BCUT2D eigenvalue weighted by Gasteiger charge is -2.25. The molecular weight excluding hydrogens is 322 g/mol. The average molecular weight is 347 g/mol. The number of carboxylic acids is 1. The van der Waals surface area contributed by atoms with Crippen LogP contribution in [0.15, 0.2) is 42.5 Å². The minimum absolute atomic E-state index is 0.0451. The number of aliphatic hydroxyl groups excluding tert-OH is 2. The Balaban J connectivity index is 1.99. The quantitative estimate of drug-likeness (QED) is 0.620. The van der Waals surface area contributed by atoms with Crippen molar-refractivity contribution in [2.24, 2.45) is 5.92 Å². The second-order valence-corrected chi connectivity index (χ2v) is 6.62. The molecule has 3 N–H and O–H groups in total. The summed E-state index contributed by atoms with van der Waals surface area (Å²) < 4.78 is 0. The first-order valence-corrected chi connectivity index (χ1v) is 8.46. The third-order valence-corrected chi connectivity index (χ3v) is 4.41. The van der Waals surface area contributed by atoms with Gasteiger partial charge in [-0.15, -0.1) is 0 Å². The SMILES string of the molecule is C[C@@H]1CC(=O)N(Cc2ccccc2)[C@H]1/C=C/[C@@H](O)C[C@@H](O)CC(=O)O. The smallest absolute Gasteiger partial charge is 0.305 e. The van der Waals surface area contributed by atoms with Gasteiger partial charge in [0.05, 0.1) is 24.7 Å². The molecule has 0 unspecified atom stereocenters. The number of benzene rings is 1. The van der Waals surface area contributed by atoms with Crippen LogP contribution < -0.4 is 0 Å². The number of aliphatic carboxylic acids is 1. The zero-order valence-electron chi connectivity index (χ0n) is 14.3. The molecular formula is C19H25NO5. The molecule has 1 amide bonds. The van der Waals surface area contributed by atoms with E-state index in [-0.39, 0.29) is 24.3 Å². The topological polar surface area (TPSA) is 98.1 Å². The van der Waals surface area contributed by atoms with E-state index in [0.717, 1.165) is 5.56 Å². The summed E-state index contributed by atoms with van der Waals surface area (Å²) in [6.07, 6.45) is 1.30. The molecule has 6 nitrogen and oxygen atoms in total. The van der Waals surface area contributed by atoms with Gasteiger partial charge in [-0.05, 0) is 11.5 Å². The largest absolute Gasteiger partial charge is 0.481 e. The second-order valence-electron chi connectivity index (χ2n) is 6.62. The van der Waals surface area contributed by atoms with E-state index in [4.69, 9.17) is 5.11 Å². The summed E-state index contributed by atoms with van der Waals surface area (Å²) >= 11 is 0. The van der Waals surface area contributed by atoms with Crippen molar-refractivity contribution in [1.29, 1.82) is 0 Å². The van der Waals surface area contributed by atoms with E-state index in [1.807, 2.05) is 37.3 Å². The van der Waals surface area contributed by atoms with E-state index < -0.39 is 24.6 Å². The van der Waals surface area contributed by atoms with Crippen molar-refractivity contribution in [3.8, 4) is 0 Å². The predicted octanol–water partition coefficient (Wildman–Crippen LogP) is 1.57. The number of rotatable bonds is 8. The Morgan fingerprint density at radius 1 is 1.32 bits per heavy atom. The molecule has 0 bridgehead atoms. The first-order chi connectivity index (χ1) is 11.9. The minimum Gasteiger partial charge on any atom is -0.481 e. The normalized spacial score (nSPS) is 23.2. The van der Waals surface area contributed by atoms with Gasteiger partial charge in [0, 0.05) is 19.4 Å². The van der Waals surface area contributed by atoms with Crippen LogP contribution in [0.5, 0.6) is 0 Å². The highest BCUT2D eigenvalue weighted by Crippen LogP contribution is 2.28. The fourth-order valence-corrected chi connectivity index (χ4v) is 3.14. The molecule has 1 aromatic carbocycles. The van der Waals surface area contributed by atoms with Crippen LogP contribution in [-0.2, 0) is 16.1 Å². The molecule has 25 heavy (non-hydrogen) atoms. The van der Waals surface area contributed by atoms with Crippen LogP contribution in [0.1, 0.15) is 31.7 Å². The molecule has 1 aliphatic heterocycles. The third kappa shape index (κ3) is 5.69. The molecule has 1 aliphatic rings. The van der Waals surface area contributed by atoms with E-state index >= 15 is 0 Å². The summed E-state index contributed by atoms with van der Waals surface area (Å²) in [5, 5.41) is 28.2. The van der Waals surface area contributed by atoms with Crippen molar-refractivity contribution in [1.82, 2.24) is 4.90 Å². The molecule has 0 aromatic heterocycles.